The number of hydrogen-bond acceptors (Lipinski definition) is 3. The zero-order valence-electron chi connectivity index (χ0n) is 15.9. The van der Waals surface area contributed by atoms with Crippen LogP contribution < -0.4 is 10.6 Å². The van der Waals surface area contributed by atoms with Gasteiger partial charge in [0.15, 0.2) is 0 Å². The van der Waals surface area contributed by atoms with Crippen LogP contribution in [0.3, 0.4) is 0 Å². The first-order valence-electron chi connectivity index (χ1n) is 9.17. The first kappa shape index (κ1) is 19.4. The molecular weight excluding hydrogens is 314 g/mol. The van der Waals surface area contributed by atoms with E-state index >= 15 is 0 Å². The van der Waals surface area contributed by atoms with Gasteiger partial charge >= 0.3 is 0 Å². The van der Waals surface area contributed by atoms with Gasteiger partial charge in [0.05, 0.1) is 6.54 Å². The summed E-state index contributed by atoms with van der Waals surface area (Å²) in [6.45, 7) is 6.00. The molecule has 0 aliphatic heterocycles. The number of hydrogen-bond donors (Lipinski definition) is 2. The zero-order valence-corrected chi connectivity index (χ0v) is 15.9. The third-order valence-corrected chi connectivity index (χ3v) is 4.68. The predicted molar refractivity (Wildman–Crippen MR) is 103 cm³/mol. The van der Waals surface area contributed by atoms with E-state index in [1.165, 1.54) is 32.1 Å². The summed E-state index contributed by atoms with van der Waals surface area (Å²) in [5.74, 6) is -0.0691. The van der Waals surface area contributed by atoms with Crippen LogP contribution in [0.25, 0.3) is 0 Å². The summed E-state index contributed by atoms with van der Waals surface area (Å²) in [5.41, 5.74) is 0.939. The lowest BCUT2D eigenvalue weighted by Crippen LogP contribution is -2.39. The van der Waals surface area contributed by atoms with Crippen molar-refractivity contribution in [3.05, 3.63) is 24.3 Å². The minimum atomic E-state index is -0.456. The summed E-state index contributed by atoms with van der Waals surface area (Å²) in [6, 6.07) is 7.80. The van der Waals surface area contributed by atoms with Crippen LogP contribution in [0.15, 0.2) is 24.3 Å². The van der Waals surface area contributed by atoms with Crippen LogP contribution >= 0.6 is 0 Å². The molecule has 138 valence electrons. The number of carbonyl (C=O) groups is 2. The summed E-state index contributed by atoms with van der Waals surface area (Å²) in [6.07, 6.45) is 6.18. The van der Waals surface area contributed by atoms with E-state index < -0.39 is 5.41 Å². The highest BCUT2D eigenvalue weighted by molar-refractivity contribution is 5.96. The fourth-order valence-corrected chi connectivity index (χ4v) is 3.07. The lowest BCUT2D eigenvalue weighted by Gasteiger charge is -2.30. The molecular formula is C20H31N3O2. The average molecular weight is 345 g/mol. The maximum absolute atomic E-state index is 12.3. The van der Waals surface area contributed by atoms with Crippen LogP contribution in [0.1, 0.15) is 52.9 Å². The molecule has 0 heterocycles. The van der Waals surface area contributed by atoms with E-state index in [-0.39, 0.29) is 11.8 Å². The molecule has 5 heteroatoms. The molecule has 0 aromatic heterocycles. The van der Waals surface area contributed by atoms with Gasteiger partial charge in [-0.25, -0.2) is 0 Å². The van der Waals surface area contributed by atoms with Crippen LogP contribution in [0.5, 0.6) is 0 Å². The Balaban J connectivity index is 1.90. The van der Waals surface area contributed by atoms with E-state index in [1.807, 2.05) is 46.0 Å². The second-order valence-corrected chi connectivity index (χ2v) is 8.04. The van der Waals surface area contributed by atoms with Crippen LogP contribution in [0.2, 0.25) is 0 Å². The van der Waals surface area contributed by atoms with Crippen molar-refractivity contribution in [1.82, 2.24) is 4.90 Å². The summed E-state index contributed by atoms with van der Waals surface area (Å²) in [5, 5.41) is 5.82. The minimum absolute atomic E-state index is 0.0210. The first-order valence-corrected chi connectivity index (χ1v) is 9.17. The first-order chi connectivity index (χ1) is 11.8. The Kier molecular flexibility index (Phi) is 6.59. The molecule has 25 heavy (non-hydrogen) atoms. The van der Waals surface area contributed by atoms with Gasteiger partial charge < -0.3 is 10.6 Å². The Bertz CT molecular complexity index is 601. The van der Waals surface area contributed by atoms with E-state index in [0.29, 0.717) is 24.0 Å². The number of carbonyl (C=O) groups excluding carboxylic acids is 2. The Morgan fingerprint density at radius 2 is 1.68 bits per heavy atom. The third-order valence-electron chi connectivity index (χ3n) is 4.68. The number of anilines is 2. The van der Waals surface area contributed by atoms with Crippen molar-refractivity contribution in [1.29, 1.82) is 0 Å². The number of nitrogens with zero attached hydrogens (tertiary/aromatic N) is 1. The molecule has 0 bridgehead atoms. The second kappa shape index (κ2) is 8.48. The van der Waals surface area contributed by atoms with Gasteiger partial charge in [-0.1, -0.05) is 46.1 Å². The van der Waals surface area contributed by atoms with Gasteiger partial charge in [-0.2, -0.15) is 0 Å². The molecule has 1 aliphatic rings. The van der Waals surface area contributed by atoms with Gasteiger partial charge in [0.2, 0.25) is 11.8 Å². The van der Waals surface area contributed by atoms with Crippen LogP contribution in [-0.4, -0.2) is 36.3 Å². The molecule has 0 spiro atoms. The maximum Gasteiger partial charge on any atom is 0.238 e. The number of benzene rings is 1. The largest absolute Gasteiger partial charge is 0.326 e. The molecule has 5 nitrogen and oxygen atoms in total. The summed E-state index contributed by atoms with van der Waals surface area (Å²) < 4.78 is 0. The Labute approximate surface area is 151 Å². The normalized spacial score (nSPS) is 15.9. The lowest BCUT2D eigenvalue weighted by molar-refractivity contribution is -0.123. The van der Waals surface area contributed by atoms with Gasteiger partial charge in [-0.05, 0) is 38.1 Å². The van der Waals surface area contributed by atoms with Crippen molar-refractivity contribution in [2.75, 3.05) is 24.2 Å². The van der Waals surface area contributed by atoms with Crippen molar-refractivity contribution in [2.45, 2.75) is 58.9 Å². The molecule has 1 fully saturated rings. The summed E-state index contributed by atoms with van der Waals surface area (Å²) in [7, 11) is 2.02. The van der Waals surface area contributed by atoms with Gasteiger partial charge in [0, 0.05) is 22.8 Å². The van der Waals surface area contributed by atoms with E-state index in [0.717, 1.165) is 0 Å². The van der Waals surface area contributed by atoms with Crippen LogP contribution in [0.4, 0.5) is 11.4 Å². The summed E-state index contributed by atoms with van der Waals surface area (Å²) in [4.78, 5) is 26.6. The fraction of sp³-hybridized carbons (Fsp3) is 0.600. The molecule has 0 unspecified atom stereocenters. The van der Waals surface area contributed by atoms with Crippen molar-refractivity contribution < 1.29 is 9.59 Å². The SMILES string of the molecule is CN(CC(=O)Nc1cccc(NC(=O)C(C)(C)C)c1)C1CCCCC1. The van der Waals surface area contributed by atoms with Crippen molar-refractivity contribution >= 4 is 23.2 Å². The van der Waals surface area contributed by atoms with Gasteiger partial charge in [0.25, 0.3) is 0 Å². The topological polar surface area (TPSA) is 61.4 Å². The van der Waals surface area contributed by atoms with E-state index in [9.17, 15) is 9.59 Å². The fourth-order valence-electron chi connectivity index (χ4n) is 3.07. The van der Waals surface area contributed by atoms with E-state index in [4.69, 9.17) is 0 Å². The molecule has 1 saturated carbocycles. The molecule has 1 aromatic rings. The Morgan fingerprint density at radius 1 is 1.08 bits per heavy atom. The number of likely N-dealkylation sites (N-methyl/N-ethyl adjacent to an activating group) is 1. The van der Waals surface area contributed by atoms with Crippen molar-refractivity contribution in [2.24, 2.45) is 5.41 Å². The number of amides is 2. The molecule has 1 aliphatic carbocycles. The van der Waals surface area contributed by atoms with Gasteiger partial charge in [-0.15, -0.1) is 0 Å². The van der Waals surface area contributed by atoms with Crippen molar-refractivity contribution in [3.63, 3.8) is 0 Å². The molecule has 2 N–H and O–H groups in total. The molecule has 2 amide bonds. The highest BCUT2D eigenvalue weighted by Gasteiger charge is 2.22. The maximum atomic E-state index is 12.3. The Hall–Kier alpha value is -1.88. The lowest BCUT2D eigenvalue weighted by atomic mass is 9.94. The highest BCUT2D eigenvalue weighted by atomic mass is 16.2. The molecule has 0 atom stereocenters. The predicted octanol–water partition coefficient (Wildman–Crippen LogP) is 3.87. The third kappa shape index (κ3) is 6.16. The quantitative estimate of drug-likeness (QED) is 0.851. The standard InChI is InChI=1S/C20H31N3O2/c1-20(2,3)19(25)22-16-10-8-9-15(13-16)21-18(24)14-23(4)17-11-6-5-7-12-17/h8-10,13,17H,5-7,11-12,14H2,1-4H3,(H,21,24)(H,22,25). The van der Waals surface area contributed by atoms with Gasteiger partial charge in [0.1, 0.15) is 0 Å². The highest BCUT2D eigenvalue weighted by Crippen LogP contribution is 2.22. The molecule has 0 radical (unpaired) electrons. The molecule has 2 rings (SSSR count). The van der Waals surface area contributed by atoms with E-state index in [1.54, 1.807) is 6.07 Å². The molecule has 0 saturated heterocycles. The summed E-state index contributed by atoms with van der Waals surface area (Å²) >= 11 is 0. The van der Waals surface area contributed by atoms with Crippen LogP contribution in [-0.2, 0) is 9.59 Å². The average Bonchev–Trinajstić information content (AvgIpc) is 2.55. The smallest absolute Gasteiger partial charge is 0.238 e. The van der Waals surface area contributed by atoms with Crippen molar-refractivity contribution in [3.8, 4) is 0 Å². The van der Waals surface area contributed by atoms with E-state index in [2.05, 4.69) is 15.5 Å². The Morgan fingerprint density at radius 3 is 2.28 bits per heavy atom. The number of rotatable bonds is 5. The number of nitrogens with one attached hydrogen (secondary N) is 2. The zero-order chi connectivity index (χ0) is 18.4. The second-order valence-electron chi connectivity index (χ2n) is 8.04. The van der Waals surface area contributed by atoms with Gasteiger partial charge in [-0.3, -0.25) is 14.5 Å². The minimum Gasteiger partial charge on any atom is -0.326 e. The molecule has 1 aromatic carbocycles. The monoisotopic (exact) mass is 345 g/mol. The van der Waals surface area contributed by atoms with Crippen LogP contribution in [0, 0.1) is 5.41 Å².